The van der Waals surface area contributed by atoms with Gasteiger partial charge >= 0.3 is 0 Å². The van der Waals surface area contributed by atoms with E-state index in [1.165, 1.54) is 0 Å². The minimum absolute atomic E-state index is 0.124. The van der Waals surface area contributed by atoms with Crippen molar-refractivity contribution in [1.29, 1.82) is 0 Å². The standard InChI is InChI=1S/C13H19ClN6/c1-15-12(11-9-16-4-5-17-11)13-10(14)8-18-20(13)7-6-19(2)3/h4-5,8-9,12,15H,6-7H2,1-3H3. The molecule has 1 atom stereocenters. The zero-order chi connectivity index (χ0) is 14.5. The third kappa shape index (κ3) is 3.33. The van der Waals surface area contributed by atoms with Crippen molar-refractivity contribution in [2.24, 2.45) is 0 Å². The Kier molecular flexibility index (Phi) is 5.05. The molecule has 2 rings (SSSR count). The summed E-state index contributed by atoms with van der Waals surface area (Å²) in [6.45, 7) is 1.66. The number of hydrogen-bond donors (Lipinski definition) is 1. The second kappa shape index (κ2) is 6.78. The quantitative estimate of drug-likeness (QED) is 0.867. The molecule has 108 valence electrons. The Hall–Kier alpha value is -1.50. The molecule has 6 nitrogen and oxygen atoms in total. The molecule has 0 aromatic carbocycles. The lowest BCUT2D eigenvalue weighted by Crippen LogP contribution is -2.26. The highest BCUT2D eigenvalue weighted by atomic mass is 35.5. The van der Waals surface area contributed by atoms with Crippen molar-refractivity contribution in [1.82, 2.24) is 30.0 Å². The normalized spacial score (nSPS) is 12.8. The molecule has 2 aromatic rings. The zero-order valence-electron chi connectivity index (χ0n) is 11.9. The largest absolute Gasteiger partial charge is 0.308 e. The fourth-order valence-electron chi connectivity index (χ4n) is 2.02. The molecule has 0 saturated heterocycles. The van der Waals surface area contributed by atoms with E-state index in [0.717, 1.165) is 24.5 Å². The maximum Gasteiger partial charge on any atom is 0.0950 e. The van der Waals surface area contributed by atoms with Gasteiger partial charge in [-0.05, 0) is 21.1 Å². The van der Waals surface area contributed by atoms with Crippen LogP contribution >= 0.6 is 11.6 Å². The number of aromatic nitrogens is 4. The van der Waals surface area contributed by atoms with E-state index in [0.29, 0.717) is 5.02 Å². The first-order valence-corrected chi connectivity index (χ1v) is 6.80. The molecule has 1 N–H and O–H groups in total. The molecule has 7 heteroatoms. The Bertz CT molecular complexity index is 539. The summed E-state index contributed by atoms with van der Waals surface area (Å²) in [6.07, 6.45) is 6.74. The van der Waals surface area contributed by atoms with Gasteiger partial charge in [-0.25, -0.2) is 0 Å². The van der Waals surface area contributed by atoms with Crippen LogP contribution in [0.4, 0.5) is 0 Å². The molecule has 0 radical (unpaired) electrons. The second-order valence-corrected chi connectivity index (χ2v) is 5.16. The first kappa shape index (κ1) is 14.9. The maximum absolute atomic E-state index is 6.30. The number of halogens is 1. The fraction of sp³-hybridized carbons (Fsp3) is 0.462. The third-order valence-corrected chi connectivity index (χ3v) is 3.32. The van der Waals surface area contributed by atoms with E-state index in [4.69, 9.17) is 11.6 Å². The topological polar surface area (TPSA) is 58.9 Å². The van der Waals surface area contributed by atoms with Crippen LogP contribution in [0, 0.1) is 0 Å². The molecule has 0 amide bonds. The van der Waals surface area contributed by atoms with E-state index in [1.807, 2.05) is 25.8 Å². The van der Waals surface area contributed by atoms with Gasteiger partial charge in [-0.2, -0.15) is 5.10 Å². The van der Waals surface area contributed by atoms with Gasteiger partial charge in [0, 0.05) is 18.9 Å². The Balaban J connectivity index is 2.32. The van der Waals surface area contributed by atoms with Crippen LogP contribution < -0.4 is 5.32 Å². The molecule has 0 spiro atoms. The minimum atomic E-state index is -0.124. The molecular formula is C13H19ClN6. The van der Waals surface area contributed by atoms with Crippen LogP contribution in [-0.2, 0) is 6.54 Å². The van der Waals surface area contributed by atoms with Crippen LogP contribution in [0.15, 0.2) is 24.8 Å². The monoisotopic (exact) mass is 294 g/mol. The van der Waals surface area contributed by atoms with E-state index in [2.05, 4.69) is 25.3 Å². The lowest BCUT2D eigenvalue weighted by atomic mass is 10.1. The van der Waals surface area contributed by atoms with Gasteiger partial charge in [-0.1, -0.05) is 11.6 Å². The van der Waals surface area contributed by atoms with Crippen molar-refractivity contribution in [2.45, 2.75) is 12.6 Å². The first-order chi connectivity index (χ1) is 9.63. The third-order valence-electron chi connectivity index (χ3n) is 3.03. The van der Waals surface area contributed by atoms with Crippen molar-refractivity contribution < 1.29 is 0 Å². The predicted octanol–water partition coefficient (Wildman–Crippen LogP) is 1.20. The van der Waals surface area contributed by atoms with Crippen LogP contribution in [0.1, 0.15) is 17.4 Å². The van der Waals surface area contributed by atoms with Crippen molar-refractivity contribution in [3.8, 4) is 0 Å². The Morgan fingerprint density at radius 2 is 2.15 bits per heavy atom. The smallest absolute Gasteiger partial charge is 0.0950 e. The molecule has 0 bridgehead atoms. The van der Waals surface area contributed by atoms with Gasteiger partial charge in [0.1, 0.15) is 0 Å². The Morgan fingerprint density at radius 3 is 2.75 bits per heavy atom. The van der Waals surface area contributed by atoms with E-state index < -0.39 is 0 Å². The lowest BCUT2D eigenvalue weighted by molar-refractivity contribution is 0.366. The van der Waals surface area contributed by atoms with Gasteiger partial charge in [0.15, 0.2) is 0 Å². The van der Waals surface area contributed by atoms with Crippen molar-refractivity contribution >= 4 is 11.6 Å². The average Bonchev–Trinajstić information content (AvgIpc) is 2.80. The van der Waals surface area contributed by atoms with E-state index in [-0.39, 0.29) is 6.04 Å². The molecule has 20 heavy (non-hydrogen) atoms. The molecule has 2 aromatic heterocycles. The molecule has 0 aliphatic carbocycles. The molecule has 0 saturated carbocycles. The van der Waals surface area contributed by atoms with Crippen LogP contribution in [0.3, 0.4) is 0 Å². The van der Waals surface area contributed by atoms with Gasteiger partial charge < -0.3 is 10.2 Å². The van der Waals surface area contributed by atoms with Gasteiger partial charge in [-0.15, -0.1) is 0 Å². The van der Waals surface area contributed by atoms with Gasteiger partial charge in [-0.3, -0.25) is 14.6 Å². The summed E-state index contributed by atoms with van der Waals surface area (Å²) in [6, 6.07) is -0.124. The number of likely N-dealkylation sites (N-methyl/N-ethyl adjacent to an activating group) is 1. The molecule has 1 unspecified atom stereocenters. The van der Waals surface area contributed by atoms with Gasteiger partial charge in [0.2, 0.25) is 0 Å². The Morgan fingerprint density at radius 1 is 1.35 bits per heavy atom. The highest BCUT2D eigenvalue weighted by molar-refractivity contribution is 6.31. The van der Waals surface area contributed by atoms with Crippen LogP contribution in [-0.4, -0.2) is 52.3 Å². The summed E-state index contributed by atoms with van der Waals surface area (Å²) >= 11 is 6.30. The summed E-state index contributed by atoms with van der Waals surface area (Å²) in [5.74, 6) is 0. The van der Waals surface area contributed by atoms with Crippen molar-refractivity contribution in [3.05, 3.63) is 41.2 Å². The van der Waals surface area contributed by atoms with Crippen LogP contribution in [0.25, 0.3) is 0 Å². The number of rotatable bonds is 6. The minimum Gasteiger partial charge on any atom is -0.308 e. The SMILES string of the molecule is CNC(c1cnccn1)c1c(Cl)cnn1CCN(C)C. The molecule has 0 fully saturated rings. The Labute approximate surface area is 123 Å². The zero-order valence-corrected chi connectivity index (χ0v) is 12.7. The predicted molar refractivity (Wildman–Crippen MR) is 78.7 cm³/mol. The van der Waals surface area contributed by atoms with E-state index in [9.17, 15) is 0 Å². The molecule has 0 aliphatic heterocycles. The highest BCUT2D eigenvalue weighted by Gasteiger charge is 2.22. The number of nitrogens with zero attached hydrogens (tertiary/aromatic N) is 5. The van der Waals surface area contributed by atoms with Crippen LogP contribution in [0.2, 0.25) is 5.02 Å². The summed E-state index contributed by atoms with van der Waals surface area (Å²) in [5, 5.41) is 8.21. The van der Waals surface area contributed by atoms with E-state index in [1.54, 1.807) is 24.8 Å². The second-order valence-electron chi connectivity index (χ2n) is 4.76. The van der Waals surface area contributed by atoms with Gasteiger partial charge in [0.05, 0.1) is 41.4 Å². The maximum atomic E-state index is 6.30. The fourth-order valence-corrected chi connectivity index (χ4v) is 2.27. The average molecular weight is 295 g/mol. The van der Waals surface area contributed by atoms with Crippen molar-refractivity contribution in [2.75, 3.05) is 27.7 Å². The van der Waals surface area contributed by atoms with Gasteiger partial charge in [0.25, 0.3) is 0 Å². The van der Waals surface area contributed by atoms with Crippen LogP contribution in [0.5, 0.6) is 0 Å². The lowest BCUT2D eigenvalue weighted by Gasteiger charge is -2.19. The summed E-state index contributed by atoms with van der Waals surface area (Å²) < 4.78 is 1.91. The molecule has 0 aliphatic rings. The van der Waals surface area contributed by atoms with Crippen molar-refractivity contribution in [3.63, 3.8) is 0 Å². The number of nitrogens with one attached hydrogen (secondary N) is 1. The first-order valence-electron chi connectivity index (χ1n) is 6.42. The molecular weight excluding hydrogens is 276 g/mol. The summed E-state index contributed by atoms with van der Waals surface area (Å²) in [7, 11) is 5.94. The highest BCUT2D eigenvalue weighted by Crippen LogP contribution is 2.26. The molecule has 2 heterocycles. The summed E-state index contributed by atoms with van der Waals surface area (Å²) in [5.41, 5.74) is 1.74. The summed E-state index contributed by atoms with van der Waals surface area (Å²) in [4.78, 5) is 10.6. The van der Waals surface area contributed by atoms with E-state index >= 15 is 0 Å². The number of hydrogen-bond acceptors (Lipinski definition) is 5.